The van der Waals surface area contributed by atoms with E-state index < -0.39 is 10.0 Å². The van der Waals surface area contributed by atoms with Crippen molar-refractivity contribution in [1.82, 2.24) is 4.83 Å². The van der Waals surface area contributed by atoms with Crippen LogP contribution in [0.5, 0.6) is 0 Å². The van der Waals surface area contributed by atoms with Gasteiger partial charge in [0.15, 0.2) is 0 Å². The molecule has 1 aromatic carbocycles. The van der Waals surface area contributed by atoms with Crippen molar-refractivity contribution in [2.75, 3.05) is 0 Å². The number of hydrazone groups is 1. The SMILES string of the molecule is CC(/C=N/NS(=O)(=O)c1ccc(C)cc1)=C(\C)SC#N. The summed E-state index contributed by atoms with van der Waals surface area (Å²) in [7, 11) is -3.65. The first-order chi connectivity index (χ1) is 9.36. The lowest BCUT2D eigenvalue weighted by Crippen LogP contribution is -2.18. The van der Waals surface area contributed by atoms with Crippen LogP contribution in [0.1, 0.15) is 19.4 Å². The summed E-state index contributed by atoms with van der Waals surface area (Å²) in [5.41, 5.74) is 1.71. The van der Waals surface area contributed by atoms with E-state index in [1.54, 1.807) is 26.0 Å². The molecule has 1 N–H and O–H groups in total. The van der Waals surface area contributed by atoms with Crippen molar-refractivity contribution in [1.29, 1.82) is 5.26 Å². The van der Waals surface area contributed by atoms with Gasteiger partial charge in [0.1, 0.15) is 5.40 Å². The smallest absolute Gasteiger partial charge is 0.200 e. The number of hydrogen-bond acceptors (Lipinski definition) is 5. The highest BCUT2D eigenvalue weighted by molar-refractivity contribution is 8.07. The van der Waals surface area contributed by atoms with Gasteiger partial charge in [0.25, 0.3) is 10.0 Å². The summed E-state index contributed by atoms with van der Waals surface area (Å²) in [5.74, 6) is 0. The van der Waals surface area contributed by atoms with E-state index in [9.17, 15) is 8.42 Å². The van der Waals surface area contributed by atoms with Gasteiger partial charge in [0, 0.05) is 4.91 Å². The van der Waals surface area contributed by atoms with Crippen LogP contribution in [0.2, 0.25) is 0 Å². The third-order valence-corrected chi connectivity index (χ3v) is 4.47. The van der Waals surface area contributed by atoms with Gasteiger partial charge in [0.2, 0.25) is 0 Å². The van der Waals surface area contributed by atoms with Crippen LogP contribution in [-0.4, -0.2) is 14.6 Å². The summed E-state index contributed by atoms with van der Waals surface area (Å²) in [6.07, 6.45) is 1.38. The molecule has 0 unspecified atom stereocenters. The molecule has 5 nitrogen and oxygen atoms in total. The number of thioether (sulfide) groups is 1. The second kappa shape index (κ2) is 7.12. The molecule has 1 rings (SSSR count). The molecule has 0 aliphatic rings. The van der Waals surface area contributed by atoms with Gasteiger partial charge in [-0.3, -0.25) is 0 Å². The Labute approximate surface area is 123 Å². The molecule has 0 saturated heterocycles. The van der Waals surface area contributed by atoms with Crippen molar-refractivity contribution in [2.45, 2.75) is 25.7 Å². The molecule has 0 amide bonds. The third-order valence-electron chi connectivity index (χ3n) is 2.52. The molecule has 0 heterocycles. The normalized spacial score (nSPS) is 12.9. The summed E-state index contributed by atoms with van der Waals surface area (Å²) in [4.78, 5) is 3.06. The van der Waals surface area contributed by atoms with Gasteiger partial charge in [-0.2, -0.15) is 18.8 Å². The lowest BCUT2D eigenvalue weighted by Gasteiger charge is -2.03. The average Bonchev–Trinajstić information content (AvgIpc) is 2.39. The molecule has 0 radical (unpaired) electrons. The molecule has 0 atom stereocenters. The minimum Gasteiger partial charge on any atom is -0.200 e. The maximum Gasteiger partial charge on any atom is 0.276 e. The molecule has 0 aromatic heterocycles. The molecule has 1 aromatic rings. The van der Waals surface area contributed by atoms with Gasteiger partial charge in [-0.1, -0.05) is 17.7 Å². The van der Waals surface area contributed by atoms with E-state index in [2.05, 4.69) is 9.93 Å². The Kier molecular flexibility index (Phi) is 5.80. The number of sulfonamides is 1. The van der Waals surface area contributed by atoms with Crippen molar-refractivity contribution in [3.8, 4) is 5.40 Å². The predicted octanol–water partition coefficient (Wildman–Crippen LogP) is 2.77. The maximum atomic E-state index is 11.9. The number of nitrogens with one attached hydrogen (secondary N) is 1. The Bertz CT molecular complexity index is 669. The van der Waals surface area contributed by atoms with E-state index in [4.69, 9.17) is 5.26 Å². The minimum atomic E-state index is -3.65. The summed E-state index contributed by atoms with van der Waals surface area (Å²) in [6.45, 7) is 5.40. The highest BCUT2D eigenvalue weighted by atomic mass is 32.2. The molecular formula is C13H15N3O2S2. The first kappa shape index (κ1) is 16.3. The fourth-order valence-electron chi connectivity index (χ4n) is 1.20. The van der Waals surface area contributed by atoms with Crippen LogP contribution < -0.4 is 4.83 Å². The van der Waals surface area contributed by atoms with Crippen molar-refractivity contribution in [2.24, 2.45) is 5.10 Å². The van der Waals surface area contributed by atoms with Gasteiger partial charge in [-0.15, -0.1) is 0 Å². The molecule has 20 heavy (non-hydrogen) atoms. The van der Waals surface area contributed by atoms with Gasteiger partial charge in [-0.25, -0.2) is 4.83 Å². The summed E-state index contributed by atoms with van der Waals surface area (Å²) in [6, 6.07) is 6.48. The molecule has 0 aliphatic heterocycles. The van der Waals surface area contributed by atoms with E-state index in [1.807, 2.05) is 12.3 Å². The predicted molar refractivity (Wildman–Crippen MR) is 81.6 cm³/mol. The third kappa shape index (κ3) is 4.72. The largest absolute Gasteiger partial charge is 0.276 e. The molecule has 0 spiro atoms. The Morgan fingerprint density at radius 2 is 1.95 bits per heavy atom. The van der Waals surface area contributed by atoms with E-state index in [0.717, 1.165) is 27.8 Å². The van der Waals surface area contributed by atoms with Crippen LogP contribution in [0, 0.1) is 17.6 Å². The quantitative estimate of drug-likeness (QED) is 0.515. The van der Waals surface area contributed by atoms with Crippen LogP contribution in [0.25, 0.3) is 0 Å². The average molecular weight is 309 g/mol. The van der Waals surface area contributed by atoms with E-state index in [1.165, 1.54) is 18.3 Å². The first-order valence-electron chi connectivity index (χ1n) is 5.72. The fraction of sp³-hybridized carbons (Fsp3) is 0.231. The molecule has 0 bridgehead atoms. The Morgan fingerprint density at radius 3 is 2.50 bits per heavy atom. The second-order valence-electron chi connectivity index (χ2n) is 4.10. The van der Waals surface area contributed by atoms with Gasteiger partial charge in [-0.05, 0) is 50.2 Å². The molecular weight excluding hydrogens is 294 g/mol. The molecule has 0 aliphatic carbocycles. The number of nitriles is 1. The van der Waals surface area contributed by atoms with E-state index >= 15 is 0 Å². The van der Waals surface area contributed by atoms with Crippen LogP contribution >= 0.6 is 11.8 Å². The summed E-state index contributed by atoms with van der Waals surface area (Å²) >= 11 is 1.01. The number of benzene rings is 1. The molecule has 0 saturated carbocycles. The summed E-state index contributed by atoms with van der Waals surface area (Å²) in [5, 5.41) is 14.2. The highest BCUT2D eigenvalue weighted by Gasteiger charge is 2.11. The first-order valence-corrected chi connectivity index (χ1v) is 8.01. The minimum absolute atomic E-state index is 0.157. The van der Waals surface area contributed by atoms with Crippen molar-refractivity contribution in [3.63, 3.8) is 0 Å². The van der Waals surface area contributed by atoms with Crippen molar-refractivity contribution in [3.05, 3.63) is 40.3 Å². The lowest BCUT2D eigenvalue weighted by atomic mass is 10.2. The number of aryl methyl sites for hydroxylation is 1. The fourth-order valence-corrected chi connectivity index (χ4v) is 2.34. The van der Waals surface area contributed by atoms with Crippen LogP contribution in [0.3, 0.4) is 0 Å². The van der Waals surface area contributed by atoms with Crippen LogP contribution in [-0.2, 0) is 10.0 Å². The van der Waals surface area contributed by atoms with Gasteiger partial charge < -0.3 is 0 Å². The number of nitrogens with zero attached hydrogens (tertiary/aromatic N) is 2. The number of rotatable bonds is 5. The molecule has 7 heteroatoms. The topological polar surface area (TPSA) is 82.3 Å². The Balaban J connectivity index is 2.81. The lowest BCUT2D eigenvalue weighted by molar-refractivity contribution is 0.584. The van der Waals surface area contributed by atoms with Crippen molar-refractivity contribution >= 4 is 28.0 Å². The van der Waals surface area contributed by atoms with Crippen molar-refractivity contribution < 1.29 is 8.42 Å². The molecule has 0 fully saturated rings. The Hall–Kier alpha value is -1.78. The van der Waals surface area contributed by atoms with Gasteiger partial charge in [0.05, 0.1) is 11.1 Å². The number of thiocyanates is 1. The summed E-state index contributed by atoms with van der Waals surface area (Å²) < 4.78 is 23.8. The monoisotopic (exact) mass is 309 g/mol. The highest BCUT2D eigenvalue weighted by Crippen LogP contribution is 2.16. The van der Waals surface area contributed by atoms with Gasteiger partial charge >= 0.3 is 0 Å². The van der Waals surface area contributed by atoms with Crippen LogP contribution in [0.15, 0.2) is 44.7 Å². The zero-order valence-electron chi connectivity index (χ0n) is 11.4. The maximum absolute atomic E-state index is 11.9. The van der Waals surface area contributed by atoms with Crippen LogP contribution in [0.4, 0.5) is 0 Å². The molecule has 106 valence electrons. The van der Waals surface area contributed by atoms with E-state index in [0.29, 0.717) is 0 Å². The number of allylic oxidation sites excluding steroid dienone is 2. The number of hydrogen-bond donors (Lipinski definition) is 1. The zero-order chi connectivity index (χ0) is 15.2. The Morgan fingerprint density at radius 1 is 1.35 bits per heavy atom. The second-order valence-corrected chi connectivity index (χ2v) is 6.76. The van der Waals surface area contributed by atoms with E-state index in [-0.39, 0.29) is 4.90 Å². The zero-order valence-corrected chi connectivity index (χ0v) is 13.0. The standard InChI is InChI=1S/C13H15N3O2S2/c1-10-4-6-13(7-5-10)20(17,18)16-15-8-11(2)12(3)19-9-14/h4-8,16H,1-3H3/b12-11-,15-8+.